The van der Waals surface area contributed by atoms with Gasteiger partial charge in [-0.15, -0.1) is 0 Å². The zero-order chi connectivity index (χ0) is 14.9. The normalized spacial score (nSPS) is 10.4. The van der Waals surface area contributed by atoms with Crippen molar-refractivity contribution in [2.24, 2.45) is 0 Å². The molecule has 0 unspecified atom stereocenters. The van der Waals surface area contributed by atoms with E-state index in [2.05, 4.69) is 26.2 Å². The fourth-order valence-electron chi connectivity index (χ4n) is 1.43. The number of pyridine rings is 1. The summed E-state index contributed by atoms with van der Waals surface area (Å²) >= 11 is 15.0. The van der Waals surface area contributed by atoms with Gasteiger partial charge in [0.1, 0.15) is 11.6 Å². The van der Waals surface area contributed by atoms with Gasteiger partial charge in [0.15, 0.2) is 0 Å². The van der Waals surface area contributed by atoms with E-state index in [0.717, 1.165) is 12.3 Å². The fraction of sp³-hybridized carbons (Fsp3) is 0. The summed E-state index contributed by atoms with van der Waals surface area (Å²) in [4.78, 5) is 14.7. The number of anilines is 2. The molecule has 0 aliphatic heterocycles. The number of aromatic nitrogens is 1. The van der Waals surface area contributed by atoms with Crippen molar-refractivity contribution in [3.8, 4) is 0 Å². The number of nitrogens with one attached hydrogen (secondary N) is 1. The van der Waals surface area contributed by atoms with Crippen molar-refractivity contribution in [1.29, 1.82) is 0 Å². The number of carbonyl (C=O) groups is 1. The molecule has 0 radical (unpaired) electrons. The third-order valence-corrected chi connectivity index (χ3v) is 3.55. The Morgan fingerprint density at radius 1 is 1.30 bits per heavy atom. The molecule has 0 saturated heterocycles. The van der Waals surface area contributed by atoms with Crippen LogP contribution < -0.4 is 5.32 Å². The van der Waals surface area contributed by atoms with E-state index in [4.69, 9.17) is 28.3 Å². The lowest BCUT2D eigenvalue weighted by Gasteiger charge is -2.11. The maximum Gasteiger partial charge on any atom is 0.337 e. The van der Waals surface area contributed by atoms with E-state index < -0.39 is 11.8 Å². The van der Waals surface area contributed by atoms with E-state index in [1.807, 2.05) is 0 Å². The van der Waals surface area contributed by atoms with Gasteiger partial charge in [0.25, 0.3) is 0 Å². The molecule has 0 aliphatic rings. The predicted molar refractivity (Wildman–Crippen MR) is 78.6 cm³/mol. The molecule has 8 heteroatoms. The molecule has 0 amide bonds. The standard InChI is InChI=1S/C12H6BrCl2FN2O2/c13-7-2-6(16)3-8(14)10(7)18-11-9(15)1-5(4-17-11)12(19)20/h1-4H,(H,17,18)(H,19,20). The molecule has 104 valence electrons. The Bertz CT molecular complexity index is 674. The monoisotopic (exact) mass is 378 g/mol. The summed E-state index contributed by atoms with van der Waals surface area (Å²) in [5.74, 6) is -1.41. The first-order valence-corrected chi connectivity index (χ1v) is 6.74. The van der Waals surface area contributed by atoms with E-state index in [1.165, 1.54) is 12.1 Å². The van der Waals surface area contributed by atoms with Crippen LogP contribution in [0.3, 0.4) is 0 Å². The molecule has 0 bridgehead atoms. The van der Waals surface area contributed by atoms with Gasteiger partial charge in [-0.3, -0.25) is 0 Å². The third kappa shape index (κ3) is 3.20. The van der Waals surface area contributed by atoms with Crippen LogP contribution in [0.5, 0.6) is 0 Å². The average Bonchev–Trinajstić information content (AvgIpc) is 2.34. The van der Waals surface area contributed by atoms with Crippen LogP contribution in [0.25, 0.3) is 0 Å². The molecule has 2 N–H and O–H groups in total. The minimum Gasteiger partial charge on any atom is -0.478 e. The second kappa shape index (κ2) is 5.95. The lowest BCUT2D eigenvalue weighted by molar-refractivity contribution is 0.0696. The highest BCUT2D eigenvalue weighted by atomic mass is 79.9. The highest BCUT2D eigenvalue weighted by Crippen LogP contribution is 2.35. The molecule has 0 fully saturated rings. The quantitative estimate of drug-likeness (QED) is 0.809. The van der Waals surface area contributed by atoms with E-state index >= 15 is 0 Å². The number of nitrogens with zero attached hydrogens (tertiary/aromatic N) is 1. The van der Waals surface area contributed by atoms with Crippen LogP contribution in [0, 0.1) is 5.82 Å². The van der Waals surface area contributed by atoms with E-state index in [9.17, 15) is 9.18 Å². The Kier molecular flexibility index (Phi) is 4.47. The molecule has 1 aromatic heterocycles. The first-order valence-electron chi connectivity index (χ1n) is 5.19. The first-order chi connectivity index (χ1) is 9.38. The third-order valence-electron chi connectivity index (χ3n) is 2.34. The minimum atomic E-state index is -1.13. The molecular weight excluding hydrogens is 374 g/mol. The zero-order valence-electron chi connectivity index (χ0n) is 9.62. The van der Waals surface area contributed by atoms with Crippen LogP contribution in [0.4, 0.5) is 15.9 Å². The highest BCUT2D eigenvalue weighted by molar-refractivity contribution is 9.10. The Hall–Kier alpha value is -1.37. The second-order valence-electron chi connectivity index (χ2n) is 3.73. The maximum absolute atomic E-state index is 13.1. The van der Waals surface area contributed by atoms with Crippen LogP contribution in [-0.2, 0) is 0 Å². The molecule has 0 saturated carbocycles. The summed E-state index contributed by atoms with van der Waals surface area (Å²) in [6, 6.07) is 3.62. The van der Waals surface area contributed by atoms with Crippen molar-refractivity contribution in [2.45, 2.75) is 0 Å². The minimum absolute atomic E-state index is 0.0372. The van der Waals surface area contributed by atoms with Gasteiger partial charge >= 0.3 is 5.97 Å². The zero-order valence-corrected chi connectivity index (χ0v) is 12.7. The Morgan fingerprint density at radius 2 is 2.00 bits per heavy atom. The van der Waals surface area contributed by atoms with Crippen LogP contribution >= 0.6 is 39.1 Å². The van der Waals surface area contributed by atoms with E-state index in [0.29, 0.717) is 10.2 Å². The number of benzene rings is 1. The van der Waals surface area contributed by atoms with Gasteiger partial charge in [-0.1, -0.05) is 23.2 Å². The van der Waals surface area contributed by atoms with Crippen molar-refractivity contribution in [1.82, 2.24) is 4.98 Å². The van der Waals surface area contributed by atoms with Crippen LogP contribution in [-0.4, -0.2) is 16.1 Å². The van der Waals surface area contributed by atoms with Crippen LogP contribution in [0.1, 0.15) is 10.4 Å². The molecule has 4 nitrogen and oxygen atoms in total. The largest absolute Gasteiger partial charge is 0.478 e. The summed E-state index contributed by atoms with van der Waals surface area (Å²) < 4.78 is 13.5. The Morgan fingerprint density at radius 3 is 2.55 bits per heavy atom. The van der Waals surface area contributed by atoms with Crippen LogP contribution in [0.2, 0.25) is 10.0 Å². The molecule has 1 heterocycles. The molecule has 1 aromatic carbocycles. The Labute approximate surface area is 131 Å². The van der Waals surface area contributed by atoms with Crippen LogP contribution in [0.15, 0.2) is 28.9 Å². The van der Waals surface area contributed by atoms with Crippen molar-refractivity contribution in [3.05, 3.63) is 50.3 Å². The number of carboxylic acid groups (broad SMARTS) is 1. The van der Waals surface area contributed by atoms with E-state index in [1.54, 1.807) is 0 Å². The molecule has 0 aliphatic carbocycles. The number of rotatable bonds is 3. The van der Waals surface area contributed by atoms with Gasteiger partial charge in [-0.05, 0) is 34.1 Å². The summed E-state index contributed by atoms with van der Waals surface area (Å²) in [6.07, 6.45) is 1.15. The van der Waals surface area contributed by atoms with Gasteiger partial charge in [-0.2, -0.15) is 0 Å². The predicted octanol–water partition coefficient (Wildman–Crippen LogP) is 4.73. The molecule has 20 heavy (non-hydrogen) atoms. The van der Waals surface area contributed by atoms with Crippen molar-refractivity contribution in [3.63, 3.8) is 0 Å². The van der Waals surface area contributed by atoms with Crippen molar-refractivity contribution >= 4 is 56.6 Å². The van der Waals surface area contributed by atoms with Gasteiger partial charge < -0.3 is 10.4 Å². The van der Waals surface area contributed by atoms with Gasteiger partial charge in [-0.25, -0.2) is 14.2 Å². The van der Waals surface area contributed by atoms with Crippen molar-refractivity contribution < 1.29 is 14.3 Å². The summed E-state index contributed by atoms with van der Waals surface area (Å²) in [5, 5.41) is 11.9. The number of halogens is 4. The van der Waals surface area contributed by atoms with Gasteiger partial charge in [0, 0.05) is 10.7 Å². The number of hydrogen-bond donors (Lipinski definition) is 2. The molecule has 2 rings (SSSR count). The lowest BCUT2D eigenvalue weighted by atomic mass is 10.2. The smallest absolute Gasteiger partial charge is 0.337 e. The fourth-order valence-corrected chi connectivity index (χ4v) is 2.54. The molecule has 2 aromatic rings. The summed E-state index contributed by atoms with van der Waals surface area (Å²) in [7, 11) is 0. The Balaban J connectivity index is 2.38. The number of hydrogen-bond acceptors (Lipinski definition) is 3. The summed E-state index contributed by atoms with van der Waals surface area (Å²) in [5.41, 5.74) is 0.343. The SMILES string of the molecule is O=C(O)c1cnc(Nc2c(Cl)cc(F)cc2Br)c(Cl)c1. The molecular formula is C12H6BrCl2FN2O2. The van der Waals surface area contributed by atoms with Crippen molar-refractivity contribution in [2.75, 3.05) is 5.32 Å². The maximum atomic E-state index is 13.1. The molecule has 0 atom stereocenters. The number of aromatic carboxylic acids is 1. The topological polar surface area (TPSA) is 62.2 Å². The van der Waals surface area contributed by atoms with E-state index in [-0.39, 0.29) is 21.4 Å². The second-order valence-corrected chi connectivity index (χ2v) is 5.40. The van der Waals surface area contributed by atoms with Gasteiger partial charge in [0.2, 0.25) is 0 Å². The number of carboxylic acids is 1. The summed E-state index contributed by atoms with van der Waals surface area (Å²) in [6.45, 7) is 0. The average molecular weight is 380 g/mol. The van der Waals surface area contributed by atoms with Gasteiger partial charge in [0.05, 0.1) is 21.3 Å². The molecule has 0 spiro atoms. The first kappa shape index (κ1) is 15.0. The lowest BCUT2D eigenvalue weighted by Crippen LogP contribution is -2.01. The highest BCUT2D eigenvalue weighted by Gasteiger charge is 2.13.